The van der Waals surface area contributed by atoms with Crippen LogP contribution in [-0.4, -0.2) is 0 Å². The summed E-state index contributed by atoms with van der Waals surface area (Å²) in [4.78, 5) is 0. The lowest BCUT2D eigenvalue weighted by atomic mass is 9.99. The van der Waals surface area contributed by atoms with Gasteiger partial charge in [-0.1, -0.05) is 6.07 Å². The summed E-state index contributed by atoms with van der Waals surface area (Å²) in [7, 11) is 0. The molecule has 0 fully saturated rings. The zero-order valence-electron chi connectivity index (χ0n) is 10.2. The molecule has 2 aromatic rings. The third kappa shape index (κ3) is 3.17. The van der Waals surface area contributed by atoms with Crippen LogP contribution in [0.5, 0.6) is 0 Å². The molecule has 0 aliphatic carbocycles. The van der Waals surface area contributed by atoms with Gasteiger partial charge in [-0.15, -0.1) is 0 Å². The molecule has 0 radical (unpaired) electrons. The maximum atomic E-state index is 13.2. The number of rotatable bonds is 4. The lowest BCUT2D eigenvalue weighted by Gasteiger charge is -2.17. The number of nitrogens with one attached hydrogen (secondary N) is 1. The van der Waals surface area contributed by atoms with Gasteiger partial charge in [0.1, 0.15) is 5.82 Å². The Balaban J connectivity index is 2.30. The maximum Gasteiger partial charge on any atom is 0.419 e. The van der Waals surface area contributed by atoms with Gasteiger partial charge in [0.2, 0.25) is 0 Å². The molecular formula is C13H12F4N2O. The average molecular weight is 288 g/mol. The topological polar surface area (TPSA) is 51.2 Å². The fourth-order valence-electron chi connectivity index (χ4n) is 1.89. The summed E-state index contributed by atoms with van der Waals surface area (Å²) < 4.78 is 56.1. The Morgan fingerprint density at radius 2 is 2.00 bits per heavy atom. The van der Waals surface area contributed by atoms with Gasteiger partial charge in [-0.25, -0.2) is 4.39 Å². The first kappa shape index (κ1) is 14.5. The van der Waals surface area contributed by atoms with Crippen molar-refractivity contribution in [3.63, 3.8) is 0 Å². The molecular weight excluding hydrogens is 276 g/mol. The summed E-state index contributed by atoms with van der Waals surface area (Å²) in [5, 5.41) is 0. The van der Waals surface area contributed by atoms with Crippen LogP contribution >= 0.6 is 0 Å². The largest absolute Gasteiger partial charge is 0.472 e. The Labute approximate surface area is 112 Å². The molecule has 7 heteroatoms. The van der Waals surface area contributed by atoms with Crippen LogP contribution in [0.1, 0.15) is 22.7 Å². The SMILES string of the molecule is NNC(Cc1ccoc1)c1ccc(F)c(C(F)(F)F)c1. The van der Waals surface area contributed by atoms with Crippen LogP contribution in [0.2, 0.25) is 0 Å². The third-order valence-corrected chi connectivity index (χ3v) is 2.92. The molecule has 3 N–H and O–H groups in total. The molecule has 2 rings (SSSR count). The molecule has 0 saturated carbocycles. The van der Waals surface area contributed by atoms with Crippen LogP contribution in [0.4, 0.5) is 17.6 Å². The van der Waals surface area contributed by atoms with Crippen molar-refractivity contribution in [2.75, 3.05) is 0 Å². The highest BCUT2D eigenvalue weighted by molar-refractivity contribution is 5.30. The van der Waals surface area contributed by atoms with Crippen molar-refractivity contribution in [2.24, 2.45) is 5.84 Å². The number of nitrogens with two attached hydrogens (primary N) is 1. The van der Waals surface area contributed by atoms with Gasteiger partial charge in [0.25, 0.3) is 0 Å². The highest BCUT2D eigenvalue weighted by Gasteiger charge is 2.34. The maximum absolute atomic E-state index is 13.2. The predicted octanol–water partition coefficient (Wildman–Crippen LogP) is 3.18. The van der Waals surface area contributed by atoms with Crippen LogP contribution in [0, 0.1) is 5.82 Å². The third-order valence-electron chi connectivity index (χ3n) is 2.92. The monoisotopic (exact) mass is 288 g/mol. The summed E-state index contributed by atoms with van der Waals surface area (Å²) >= 11 is 0. The van der Waals surface area contributed by atoms with Gasteiger partial charge in [-0.05, 0) is 35.7 Å². The van der Waals surface area contributed by atoms with E-state index >= 15 is 0 Å². The summed E-state index contributed by atoms with van der Waals surface area (Å²) in [6.07, 6.45) is -1.49. The second kappa shape index (κ2) is 5.64. The van der Waals surface area contributed by atoms with Crippen LogP contribution in [0.25, 0.3) is 0 Å². The molecule has 1 unspecified atom stereocenters. The first-order valence-corrected chi connectivity index (χ1v) is 5.75. The van der Waals surface area contributed by atoms with E-state index in [4.69, 9.17) is 10.3 Å². The molecule has 1 aromatic carbocycles. The number of halogens is 4. The smallest absolute Gasteiger partial charge is 0.419 e. The average Bonchev–Trinajstić information content (AvgIpc) is 2.88. The van der Waals surface area contributed by atoms with E-state index in [1.807, 2.05) is 0 Å². The minimum Gasteiger partial charge on any atom is -0.472 e. The lowest BCUT2D eigenvalue weighted by molar-refractivity contribution is -0.140. The highest BCUT2D eigenvalue weighted by Crippen LogP contribution is 2.33. The molecule has 0 saturated heterocycles. The Morgan fingerprint density at radius 1 is 1.25 bits per heavy atom. The zero-order chi connectivity index (χ0) is 14.8. The van der Waals surface area contributed by atoms with Gasteiger partial charge in [0, 0.05) is 0 Å². The Morgan fingerprint density at radius 3 is 2.55 bits per heavy atom. The van der Waals surface area contributed by atoms with E-state index in [-0.39, 0.29) is 5.56 Å². The highest BCUT2D eigenvalue weighted by atomic mass is 19.4. The van der Waals surface area contributed by atoms with Gasteiger partial charge < -0.3 is 4.42 Å². The van der Waals surface area contributed by atoms with Gasteiger partial charge in [0.05, 0.1) is 24.1 Å². The standard InChI is InChI=1S/C13H12F4N2O/c14-11-2-1-9(6-10(11)13(15,16)17)12(19-18)5-8-3-4-20-7-8/h1-4,6-7,12,19H,5,18H2. The molecule has 0 bridgehead atoms. The van der Waals surface area contributed by atoms with Gasteiger partial charge >= 0.3 is 6.18 Å². The van der Waals surface area contributed by atoms with E-state index in [1.54, 1.807) is 6.07 Å². The van der Waals surface area contributed by atoms with Crippen LogP contribution in [0.15, 0.2) is 41.2 Å². The lowest BCUT2D eigenvalue weighted by Crippen LogP contribution is -2.29. The first-order chi connectivity index (χ1) is 9.41. The second-order valence-electron chi connectivity index (χ2n) is 4.29. The fourth-order valence-corrected chi connectivity index (χ4v) is 1.89. The van der Waals surface area contributed by atoms with E-state index in [9.17, 15) is 17.6 Å². The molecule has 20 heavy (non-hydrogen) atoms. The quantitative estimate of drug-likeness (QED) is 0.516. The molecule has 3 nitrogen and oxygen atoms in total. The Bertz CT molecular complexity index is 566. The molecule has 1 aromatic heterocycles. The van der Waals surface area contributed by atoms with E-state index in [0.717, 1.165) is 17.7 Å². The molecule has 0 amide bonds. The van der Waals surface area contributed by atoms with Crippen molar-refractivity contribution in [3.05, 3.63) is 59.3 Å². The van der Waals surface area contributed by atoms with Gasteiger partial charge in [-0.3, -0.25) is 11.3 Å². The van der Waals surface area contributed by atoms with Crippen molar-refractivity contribution in [2.45, 2.75) is 18.6 Å². The second-order valence-corrected chi connectivity index (χ2v) is 4.29. The number of hydrazine groups is 1. The van der Waals surface area contributed by atoms with Crippen molar-refractivity contribution in [1.82, 2.24) is 5.43 Å². The Kier molecular flexibility index (Phi) is 4.10. The Hall–Kier alpha value is -1.86. The van der Waals surface area contributed by atoms with Crippen molar-refractivity contribution < 1.29 is 22.0 Å². The predicted molar refractivity (Wildman–Crippen MR) is 63.9 cm³/mol. The number of furan rings is 1. The summed E-state index contributed by atoms with van der Waals surface area (Å²) in [5.41, 5.74) is 2.14. The van der Waals surface area contributed by atoms with E-state index < -0.39 is 23.6 Å². The minimum atomic E-state index is -4.74. The molecule has 1 heterocycles. The van der Waals surface area contributed by atoms with E-state index in [2.05, 4.69) is 5.43 Å². The van der Waals surface area contributed by atoms with Crippen LogP contribution in [0.3, 0.4) is 0 Å². The van der Waals surface area contributed by atoms with Crippen molar-refractivity contribution in [1.29, 1.82) is 0 Å². The first-order valence-electron chi connectivity index (χ1n) is 5.75. The summed E-state index contributed by atoms with van der Waals surface area (Å²) in [6, 6.07) is 3.93. The summed E-state index contributed by atoms with van der Waals surface area (Å²) in [5.74, 6) is 4.06. The van der Waals surface area contributed by atoms with E-state index in [1.165, 1.54) is 18.6 Å². The number of hydrogen-bond donors (Lipinski definition) is 2. The minimum absolute atomic E-state index is 0.252. The van der Waals surface area contributed by atoms with Crippen molar-refractivity contribution >= 4 is 0 Å². The molecule has 1 atom stereocenters. The van der Waals surface area contributed by atoms with Gasteiger partial charge in [-0.2, -0.15) is 13.2 Å². The normalized spacial score (nSPS) is 13.4. The summed E-state index contributed by atoms with van der Waals surface area (Å²) in [6.45, 7) is 0. The van der Waals surface area contributed by atoms with Crippen LogP contribution < -0.4 is 11.3 Å². The molecule has 0 aliphatic rings. The van der Waals surface area contributed by atoms with Crippen LogP contribution in [-0.2, 0) is 12.6 Å². The molecule has 108 valence electrons. The van der Waals surface area contributed by atoms with E-state index in [0.29, 0.717) is 6.42 Å². The van der Waals surface area contributed by atoms with Gasteiger partial charge in [0.15, 0.2) is 0 Å². The number of benzene rings is 1. The number of alkyl halides is 3. The molecule has 0 aliphatic heterocycles. The fraction of sp³-hybridized carbons (Fsp3) is 0.231. The zero-order valence-corrected chi connectivity index (χ0v) is 10.2. The molecule has 0 spiro atoms. The van der Waals surface area contributed by atoms with Crippen molar-refractivity contribution in [3.8, 4) is 0 Å². The number of hydrogen-bond acceptors (Lipinski definition) is 3.